The van der Waals surface area contributed by atoms with Crippen molar-refractivity contribution in [1.29, 1.82) is 0 Å². The van der Waals surface area contributed by atoms with Crippen LogP contribution in [0.4, 0.5) is 0 Å². The first-order valence-corrected chi connectivity index (χ1v) is 4.40. The van der Waals surface area contributed by atoms with Crippen LogP contribution in [0.5, 0.6) is 0 Å². The molecule has 0 amide bonds. The minimum Gasteiger partial charge on any atom is -0.357 e. The summed E-state index contributed by atoms with van der Waals surface area (Å²) in [5.41, 5.74) is 1.06. The molecule has 0 fully saturated rings. The molecule has 0 bridgehead atoms. The summed E-state index contributed by atoms with van der Waals surface area (Å²) in [6, 6.07) is 0. The second-order valence-electron chi connectivity index (χ2n) is 3.32. The predicted molar refractivity (Wildman–Crippen MR) is 54.0 cm³/mol. The van der Waals surface area contributed by atoms with Gasteiger partial charge < -0.3 is 4.90 Å². The summed E-state index contributed by atoms with van der Waals surface area (Å²) in [6.45, 7) is 3.55. The molecule has 13 heavy (non-hydrogen) atoms. The zero-order valence-corrected chi connectivity index (χ0v) is 8.32. The second-order valence-corrected chi connectivity index (χ2v) is 3.32. The lowest BCUT2D eigenvalue weighted by Crippen LogP contribution is -2.08. The number of nitrogens with zero attached hydrogens (tertiary/aromatic N) is 1. The highest BCUT2D eigenvalue weighted by Crippen LogP contribution is 2.15. The molecule has 0 saturated carbocycles. The number of allylic oxidation sites excluding steroid dienone is 4. The molecule has 0 aliphatic carbocycles. The molecule has 0 aromatic rings. The molecule has 70 valence electrons. The molecule has 2 nitrogen and oxygen atoms in total. The van der Waals surface area contributed by atoms with Crippen LogP contribution in [0.25, 0.3) is 0 Å². The minimum absolute atomic E-state index is 0.00704. The molecule has 0 radical (unpaired) electrons. The molecule has 1 rings (SSSR count). The summed E-state index contributed by atoms with van der Waals surface area (Å²) < 4.78 is 0. The Morgan fingerprint density at radius 2 is 2.15 bits per heavy atom. The molecule has 1 aliphatic rings. The van der Waals surface area contributed by atoms with Crippen molar-refractivity contribution in [3.05, 3.63) is 36.2 Å². The maximum Gasteiger partial charge on any atom is 0.136 e. The third-order valence-corrected chi connectivity index (χ3v) is 2.22. The minimum atomic E-state index is -0.00704. The van der Waals surface area contributed by atoms with Gasteiger partial charge in [0.05, 0.1) is 0 Å². The van der Waals surface area contributed by atoms with Crippen molar-refractivity contribution in [3.63, 3.8) is 0 Å². The Bertz CT molecular complexity index is 286. The monoisotopic (exact) mass is 177 g/mol. The summed E-state index contributed by atoms with van der Waals surface area (Å²) in [6.07, 6.45) is 9.82. The van der Waals surface area contributed by atoms with E-state index in [2.05, 4.69) is 0 Å². The average molecular weight is 177 g/mol. The molecule has 1 atom stereocenters. The highest BCUT2D eigenvalue weighted by atomic mass is 16.1. The summed E-state index contributed by atoms with van der Waals surface area (Å²) in [7, 11) is 1.96. The van der Waals surface area contributed by atoms with Crippen LogP contribution in [0.1, 0.15) is 13.8 Å². The Kier molecular flexibility index (Phi) is 3.07. The van der Waals surface area contributed by atoms with Gasteiger partial charge in [0, 0.05) is 25.4 Å². The topological polar surface area (TPSA) is 20.3 Å². The van der Waals surface area contributed by atoms with Crippen LogP contribution in [0, 0.1) is 5.92 Å². The van der Waals surface area contributed by atoms with E-state index in [9.17, 15) is 4.79 Å². The summed E-state index contributed by atoms with van der Waals surface area (Å²) in [5, 5.41) is 0. The lowest BCUT2D eigenvalue weighted by molar-refractivity contribution is -0.119. The highest BCUT2D eigenvalue weighted by Gasteiger charge is 2.11. The first-order chi connectivity index (χ1) is 6.11. The van der Waals surface area contributed by atoms with E-state index in [1.807, 2.05) is 49.5 Å². The highest BCUT2D eigenvalue weighted by molar-refractivity contribution is 5.81. The van der Waals surface area contributed by atoms with E-state index >= 15 is 0 Å². The molecule has 0 N–H and O–H groups in total. The maximum atomic E-state index is 11.1. The van der Waals surface area contributed by atoms with Gasteiger partial charge in [-0.3, -0.25) is 4.79 Å². The number of rotatable bonds is 2. The van der Waals surface area contributed by atoms with Crippen molar-refractivity contribution < 1.29 is 4.79 Å². The zero-order chi connectivity index (χ0) is 9.84. The lowest BCUT2D eigenvalue weighted by atomic mass is 9.97. The molecule has 2 heteroatoms. The van der Waals surface area contributed by atoms with E-state index in [1.54, 1.807) is 6.92 Å². The molecule has 0 aromatic heterocycles. The number of carbonyl (C=O) groups is 1. The molecule has 0 saturated heterocycles. The van der Waals surface area contributed by atoms with Crippen molar-refractivity contribution in [1.82, 2.24) is 4.90 Å². The van der Waals surface area contributed by atoms with Crippen LogP contribution in [0.2, 0.25) is 0 Å². The Hall–Kier alpha value is -1.31. The molecular weight excluding hydrogens is 162 g/mol. The predicted octanol–water partition coefficient (Wildman–Crippen LogP) is 2.11. The van der Waals surface area contributed by atoms with E-state index in [-0.39, 0.29) is 11.7 Å². The Morgan fingerprint density at radius 3 is 2.77 bits per heavy atom. The number of hydrogen-bond donors (Lipinski definition) is 0. The fourth-order valence-electron chi connectivity index (χ4n) is 1.12. The number of ketones is 1. The van der Waals surface area contributed by atoms with Gasteiger partial charge in [-0.15, -0.1) is 0 Å². The second kappa shape index (κ2) is 4.08. The summed E-state index contributed by atoms with van der Waals surface area (Å²) in [4.78, 5) is 13.1. The van der Waals surface area contributed by atoms with Crippen LogP contribution in [0.15, 0.2) is 36.2 Å². The summed E-state index contributed by atoms with van der Waals surface area (Å²) in [5.74, 6) is 0.196. The number of hydrogen-bond acceptors (Lipinski definition) is 2. The van der Waals surface area contributed by atoms with E-state index in [0.717, 1.165) is 5.57 Å². The quantitative estimate of drug-likeness (QED) is 0.644. The average Bonchev–Trinajstić information content (AvgIpc) is 2.28. The Labute approximate surface area is 79.2 Å². The van der Waals surface area contributed by atoms with Gasteiger partial charge in [-0.05, 0) is 24.6 Å². The largest absolute Gasteiger partial charge is 0.357 e. The van der Waals surface area contributed by atoms with E-state index in [0.29, 0.717) is 0 Å². The SMILES string of the molecule is CC(=O)C(C)C1=CC=CN(C)C=C1. The molecule has 0 aromatic carbocycles. The number of Topliss-reactive ketones (excluding diaryl/α,β-unsaturated/α-hetero) is 1. The van der Waals surface area contributed by atoms with Crippen LogP contribution in [-0.4, -0.2) is 17.7 Å². The summed E-state index contributed by atoms with van der Waals surface area (Å²) >= 11 is 0. The number of carbonyl (C=O) groups excluding carboxylic acids is 1. The van der Waals surface area contributed by atoms with E-state index in [1.165, 1.54) is 0 Å². The standard InChI is InChI=1S/C11H15NO/c1-9(10(2)13)11-5-4-7-12(3)8-6-11/h4-9H,1-3H3. The maximum absolute atomic E-state index is 11.1. The van der Waals surface area contributed by atoms with Crippen molar-refractivity contribution >= 4 is 5.78 Å². The normalized spacial score (nSPS) is 18.1. The Morgan fingerprint density at radius 1 is 1.46 bits per heavy atom. The van der Waals surface area contributed by atoms with Crippen molar-refractivity contribution in [2.75, 3.05) is 7.05 Å². The fourth-order valence-corrected chi connectivity index (χ4v) is 1.12. The fraction of sp³-hybridized carbons (Fsp3) is 0.364. The molecule has 0 spiro atoms. The molecule has 1 unspecified atom stereocenters. The van der Waals surface area contributed by atoms with Crippen molar-refractivity contribution in [2.24, 2.45) is 5.92 Å². The third kappa shape index (κ3) is 2.58. The first kappa shape index (κ1) is 9.78. The van der Waals surface area contributed by atoms with E-state index < -0.39 is 0 Å². The van der Waals surface area contributed by atoms with E-state index in [4.69, 9.17) is 0 Å². The van der Waals surface area contributed by atoms with Gasteiger partial charge in [0.1, 0.15) is 5.78 Å². The van der Waals surface area contributed by atoms with Gasteiger partial charge in [-0.25, -0.2) is 0 Å². The lowest BCUT2D eigenvalue weighted by Gasteiger charge is -2.08. The van der Waals surface area contributed by atoms with Crippen LogP contribution in [0.3, 0.4) is 0 Å². The molecular formula is C11H15NO. The van der Waals surface area contributed by atoms with Gasteiger partial charge in [0.15, 0.2) is 0 Å². The van der Waals surface area contributed by atoms with Crippen LogP contribution >= 0.6 is 0 Å². The zero-order valence-electron chi connectivity index (χ0n) is 8.32. The van der Waals surface area contributed by atoms with Crippen LogP contribution in [-0.2, 0) is 4.79 Å². The Balaban J connectivity index is 2.82. The van der Waals surface area contributed by atoms with Gasteiger partial charge in [0.2, 0.25) is 0 Å². The van der Waals surface area contributed by atoms with Crippen molar-refractivity contribution in [2.45, 2.75) is 13.8 Å². The smallest absolute Gasteiger partial charge is 0.136 e. The first-order valence-electron chi connectivity index (χ1n) is 4.40. The molecule has 1 aliphatic heterocycles. The van der Waals surface area contributed by atoms with Crippen molar-refractivity contribution in [3.8, 4) is 0 Å². The van der Waals surface area contributed by atoms with Gasteiger partial charge in [0.25, 0.3) is 0 Å². The van der Waals surface area contributed by atoms with Crippen LogP contribution < -0.4 is 0 Å². The molecule has 1 heterocycles. The van der Waals surface area contributed by atoms with Gasteiger partial charge in [-0.2, -0.15) is 0 Å². The van der Waals surface area contributed by atoms with Gasteiger partial charge in [-0.1, -0.05) is 13.0 Å². The third-order valence-electron chi connectivity index (χ3n) is 2.22. The van der Waals surface area contributed by atoms with Gasteiger partial charge >= 0.3 is 0 Å².